The third-order valence-electron chi connectivity index (χ3n) is 5.23. The Morgan fingerprint density at radius 2 is 1.94 bits per heavy atom. The predicted molar refractivity (Wildman–Crippen MR) is 125 cm³/mol. The Morgan fingerprint density at radius 1 is 1.18 bits per heavy atom. The molecule has 4 rings (SSSR count). The number of amides is 1. The van der Waals surface area contributed by atoms with Crippen LogP contribution in [-0.2, 0) is 15.0 Å². The van der Waals surface area contributed by atoms with Crippen molar-refractivity contribution < 1.29 is 22.7 Å². The molecule has 1 aliphatic carbocycles. The van der Waals surface area contributed by atoms with E-state index in [1.54, 1.807) is 36.4 Å². The summed E-state index contributed by atoms with van der Waals surface area (Å²) in [4.78, 5) is 15.5. The van der Waals surface area contributed by atoms with Crippen LogP contribution in [0.3, 0.4) is 0 Å². The lowest BCUT2D eigenvalue weighted by Crippen LogP contribution is -2.29. The van der Waals surface area contributed by atoms with E-state index >= 15 is 0 Å². The Bertz CT molecular complexity index is 1290. The fourth-order valence-corrected chi connectivity index (χ4v) is 4.64. The third-order valence-corrected chi connectivity index (χ3v) is 6.63. The Balaban J connectivity index is 1.37. The second kappa shape index (κ2) is 9.80. The average Bonchev–Trinajstić information content (AvgIpc) is 3.14. The molecule has 2 aliphatic rings. The normalized spacial score (nSPS) is 20.7. The number of anilines is 1. The number of hydrogen-bond donors (Lipinski definition) is 1. The SMILES string of the molecule is C=C1CC[C@@H](Oc2ccc(N3CC(=O)NS3(=O)=O)cc2)C/C=C\C=C1Oc1ccc(C#N)nc1. The van der Waals surface area contributed by atoms with Crippen LogP contribution in [0.25, 0.3) is 0 Å². The predicted octanol–water partition coefficient (Wildman–Crippen LogP) is 3.14. The minimum Gasteiger partial charge on any atom is -0.490 e. The molecule has 0 radical (unpaired) electrons. The van der Waals surface area contributed by atoms with Gasteiger partial charge in [0.25, 0.3) is 5.91 Å². The molecule has 1 aliphatic heterocycles. The summed E-state index contributed by atoms with van der Waals surface area (Å²) >= 11 is 0. The highest BCUT2D eigenvalue weighted by molar-refractivity contribution is 7.92. The fourth-order valence-electron chi connectivity index (χ4n) is 3.49. The van der Waals surface area contributed by atoms with E-state index in [4.69, 9.17) is 14.7 Å². The molecule has 1 saturated heterocycles. The van der Waals surface area contributed by atoms with E-state index in [9.17, 15) is 13.2 Å². The first-order chi connectivity index (χ1) is 16.3. The summed E-state index contributed by atoms with van der Waals surface area (Å²) in [7, 11) is -3.84. The van der Waals surface area contributed by atoms with Crippen LogP contribution >= 0.6 is 0 Å². The van der Waals surface area contributed by atoms with Gasteiger partial charge in [0.2, 0.25) is 0 Å². The molecule has 0 unspecified atom stereocenters. The molecule has 1 N–H and O–H groups in total. The van der Waals surface area contributed by atoms with E-state index in [-0.39, 0.29) is 12.6 Å². The van der Waals surface area contributed by atoms with E-state index in [2.05, 4.69) is 11.6 Å². The molecule has 1 aromatic heterocycles. The van der Waals surface area contributed by atoms with Gasteiger partial charge in [-0.3, -0.25) is 4.79 Å². The minimum absolute atomic E-state index is 0.123. The molecule has 34 heavy (non-hydrogen) atoms. The van der Waals surface area contributed by atoms with Crippen molar-refractivity contribution in [3.63, 3.8) is 0 Å². The van der Waals surface area contributed by atoms with Gasteiger partial charge in [0.15, 0.2) is 0 Å². The monoisotopic (exact) mass is 478 g/mol. The number of ether oxygens (including phenoxy) is 2. The molecule has 174 valence electrons. The molecular formula is C24H22N4O5S. The standard InChI is InChI=1S/C24H22N4O5S/c1-17-6-10-20(4-2-3-5-23(17)33-22-11-7-18(14-25)26-15-22)32-21-12-8-19(9-13-21)28-16-24(29)27-34(28,30)31/h2-3,5,7-9,11-13,15,20H,1,4,6,10,16H2,(H,27,29)/b3-2-,23-5?/t20-/m0/s1. The van der Waals surface area contributed by atoms with E-state index in [1.165, 1.54) is 6.20 Å². The molecule has 0 saturated carbocycles. The zero-order chi connectivity index (χ0) is 24.1. The van der Waals surface area contributed by atoms with Crippen molar-refractivity contribution in [2.75, 3.05) is 10.8 Å². The van der Waals surface area contributed by atoms with Crippen LogP contribution in [0.15, 0.2) is 78.7 Å². The Hall–Kier alpha value is -4.10. The molecule has 1 amide bonds. The molecule has 1 aromatic carbocycles. The molecule has 10 heteroatoms. The number of benzene rings is 1. The van der Waals surface area contributed by atoms with Crippen molar-refractivity contribution in [3.05, 3.63) is 84.4 Å². The highest BCUT2D eigenvalue weighted by Gasteiger charge is 2.33. The number of carbonyl (C=O) groups is 1. The van der Waals surface area contributed by atoms with Gasteiger partial charge in [-0.05, 0) is 60.9 Å². The Morgan fingerprint density at radius 3 is 2.59 bits per heavy atom. The van der Waals surface area contributed by atoms with Gasteiger partial charge in [-0.15, -0.1) is 0 Å². The van der Waals surface area contributed by atoms with Gasteiger partial charge >= 0.3 is 10.2 Å². The number of nitrogens with one attached hydrogen (secondary N) is 1. The van der Waals surface area contributed by atoms with Crippen LogP contribution < -0.4 is 18.5 Å². The zero-order valence-electron chi connectivity index (χ0n) is 18.2. The van der Waals surface area contributed by atoms with E-state index < -0.39 is 16.1 Å². The summed E-state index contributed by atoms with van der Waals surface area (Å²) in [6.07, 6.45) is 9.06. The van der Waals surface area contributed by atoms with Crippen LogP contribution in [0.5, 0.6) is 11.5 Å². The van der Waals surface area contributed by atoms with Crippen LogP contribution in [0.2, 0.25) is 0 Å². The van der Waals surface area contributed by atoms with Crippen LogP contribution in [0.4, 0.5) is 5.69 Å². The van der Waals surface area contributed by atoms with E-state index in [1.807, 2.05) is 29.0 Å². The molecule has 9 nitrogen and oxygen atoms in total. The topological polar surface area (TPSA) is 122 Å². The van der Waals surface area contributed by atoms with Crippen molar-refractivity contribution in [3.8, 4) is 17.6 Å². The van der Waals surface area contributed by atoms with Crippen molar-refractivity contribution in [1.82, 2.24) is 9.71 Å². The molecular weight excluding hydrogens is 456 g/mol. The van der Waals surface area contributed by atoms with E-state index in [0.29, 0.717) is 47.9 Å². The lowest BCUT2D eigenvalue weighted by atomic mass is 10.1. The summed E-state index contributed by atoms with van der Waals surface area (Å²) in [5.41, 5.74) is 1.50. The number of aromatic nitrogens is 1. The second-order valence-corrected chi connectivity index (χ2v) is 9.30. The number of allylic oxidation sites excluding steroid dienone is 3. The summed E-state index contributed by atoms with van der Waals surface area (Å²) in [5.74, 6) is 1.16. The van der Waals surface area contributed by atoms with Crippen molar-refractivity contribution in [2.24, 2.45) is 0 Å². The smallest absolute Gasteiger partial charge is 0.326 e. The average molecular weight is 479 g/mol. The van der Waals surface area contributed by atoms with Gasteiger partial charge in [-0.1, -0.05) is 18.7 Å². The number of rotatable bonds is 5. The molecule has 1 atom stereocenters. The zero-order valence-corrected chi connectivity index (χ0v) is 19.0. The summed E-state index contributed by atoms with van der Waals surface area (Å²) in [6.45, 7) is 3.89. The van der Waals surface area contributed by atoms with Gasteiger partial charge in [0.1, 0.15) is 41.7 Å². The Labute approximate surface area is 197 Å². The Kier molecular flexibility index (Phi) is 6.65. The maximum Gasteiger partial charge on any atom is 0.326 e. The number of nitrogens with zero attached hydrogens (tertiary/aromatic N) is 3. The number of pyridine rings is 1. The maximum atomic E-state index is 12.0. The molecule has 2 heterocycles. The first kappa shape index (κ1) is 23.1. The van der Waals surface area contributed by atoms with Gasteiger partial charge in [0, 0.05) is 6.42 Å². The fraction of sp³-hybridized carbons (Fsp3) is 0.208. The van der Waals surface area contributed by atoms with Crippen LogP contribution in [-0.4, -0.2) is 32.0 Å². The van der Waals surface area contributed by atoms with E-state index in [0.717, 1.165) is 9.88 Å². The second-order valence-electron chi connectivity index (χ2n) is 7.70. The first-order valence-corrected chi connectivity index (χ1v) is 12.0. The van der Waals surface area contributed by atoms with Gasteiger partial charge in [-0.25, -0.2) is 14.0 Å². The minimum atomic E-state index is -3.84. The number of carbonyl (C=O) groups excluding carboxylic acids is 1. The third kappa shape index (κ3) is 5.44. The maximum absolute atomic E-state index is 12.0. The number of hydrogen-bond acceptors (Lipinski definition) is 7. The summed E-state index contributed by atoms with van der Waals surface area (Å²) in [5, 5.41) is 8.87. The quantitative estimate of drug-likeness (QED) is 0.701. The largest absolute Gasteiger partial charge is 0.490 e. The van der Waals surface area contributed by atoms with Gasteiger partial charge in [-0.2, -0.15) is 13.7 Å². The summed E-state index contributed by atoms with van der Waals surface area (Å²) in [6, 6.07) is 11.8. The lowest BCUT2D eigenvalue weighted by Gasteiger charge is -2.20. The first-order valence-electron chi connectivity index (χ1n) is 10.5. The van der Waals surface area contributed by atoms with Crippen LogP contribution in [0.1, 0.15) is 25.0 Å². The highest BCUT2D eigenvalue weighted by atomic mass is 32.2. The highest BCUT2D eigenvalue weighted by Crippen LogP contribution is 2.27. The lowest BCUT2D eigenvalue weighted by molar-refractivity contribution is -0.117. The molecule has 0 spiro atoms. The number of nitriles is 1. The molecule has 2 aromatic rings. The van der Waals surface area contributed by atoms with Crippen LogP contribution in [0, 0.1) is 11.3 Å². The van der Waals surface area contributed by atoms with Gasteiger partial charge in [0.05, 0.1) is 11.9 Å². The van der Waals surface area contributed by atoms with Crippen molar-refractivity contribution in [1.29, 1.82) is 5.26 Å². The summed E-state index contributed by atoms with van der Waals surface area (Å²) < 4.78 is 39.0. The molecule has 1 fully saturated rings. The van der Waals surface area contributed by atoms with Gasteiger partial charge < -0.3 is 9.47 Å². The molecule has 0 bridgehead atoms. The van der Waals surface area contributed by atoms with Crippen molar-refractivity contribution in [2.45, 2.75) is 25.4 Å². The van der Waals surface area contributed by atoms with Crippen molar-refractivity contribution >= 4 is 21.8 Å².